The fourth-order valence-electron chi connectivity index (χ4n) is 5.46. The fraction of sp³-hybridized carbons (Fsp3) is 0.233. The number of fused-ring (bicyclic) bond motifs is 2. The van der Waals surface area contributed by atoms with Crippen LogP contribution in [0.3, 0.4) is 0 Å². The first-order valence-corrected chi connectivity index (χ1v) is 13.4. The summed E-state index contributed by atoms with van der Waals surface area (Å²) in [6, 6.07) is 17.3. The van der Waals surface area contributed by atoms with E-state index in [-0.39, 0.29) is 12.1 Å². The molecule has 0 saturated carbocycles. The maximum atomic E-state index is 13.0. The van der Waals surface area contributed by atoms with Crippen LogP contribution in [0.15, 0.2) is 73.3 Å². The monoisotopic (exact) mass is 539 g/mol. The number of pyridine rings is 1. The maximum absolute atomic E-state index is 13.0. The summed E-state index contributed by atoms with van der Waals surface area (Å²) >= 11 is 6.55. The molecule has 198 valence electrons. The lowest BCUT2D eigenvalue weighted by Gasteiger charge is -2.39. The Morgan fingerprint density at radius 2 is 1.90 bits per heavy atom. The van der Waals surface area contributed by atoms with Gasteiger partial charge < -0.3 is 20.5 Å². The number of nitrogen functional groups attached to an aromatic ring is 1. The zero-order chi connectivity index (χ0) is 26.9. The normalized spacial score (nSPS) is 17.1. The highest BCUT2D eigenvalue weighted by Gasteiger charge is 2.33. The molecule has 4 aromatic rings. The van der Waals surface area contributed by atoms with Crippen molar-refractivity contribution in [1.29, 1.82) is 0 Å². The van der Waals surface area contributed by atoms with Gasteiger partial charge in [-0.2, -0.15) is 0 Å². The number of rotatable bonds is 4. The predicted octanol–water partition coefficient (Wildman–Crippen LogP) is 5.09. The highest BCUT2D eigenvalue weighted by atomic mass is 35.5. The minimum absolute atomic E-state index is 0.0592. The Labute approximate surface area is 232 Å². The topological polar surface area (TPSA) is 92.3 Å². The van der Waals surface area contributed by atoms with Crippen molar-refractivity contribution >= 4 is 40.7 Å². The number of hydrogen-bond acceptors (Lipinski definition) is 5. The van der Waals surface area contributed by atoms with Crippen LogP contribution in [0.25, 0.3) is 11.6 Å². The van der Waals surface area contributed by atoms with Gasteiger partial charge in [-0.1, -0.05) is 23.7 Å². The van der Waals surface area contributed by atoms with E-state index in [4.69, 9.17) is 22.3 Å². The van der Waals surface area contributed by atoms with Gasteiger partial charge in [0.2, 0.25) is 0 Å². The van der Waals surface area contributed by atoms with Crippen LogP contribution >= 0.6 is 11.6 Å². The molecular weight excluding hydrogens is 510 g/mol. The zero-order valence-corrected chi connectivity index (χ0v) is 22.5. The van der Waals surface area contributed by atoms with Crippen molar-refractivity contribution in [3.05, 3.63) is 106 Å². The van der Waals surface area contributed by atoms with Crippen LogP contribution in [0.2, 0.25) is 5.02 Å². The molecule has 1 aliphatic carbocycles. The van der Waals surface area contributed by atoms with Crippen LogP contribution in [0.4, 0.5) is 16.2 Å². The second-order valence-corrected chi connectivity index (χ2v) is 10.5. The number of benzene rings is 2. The minimum Gasteiger partial charge on any atom is -0.399 e. The standard InChI is InChI=1S/C30H30ClN7O/c1-36-19-33-18-25(36)16-21-15-20-3-2-10-34-28(20)29(26-9-4-22(31)17-27(21)26)37-11-13-38(14-12-37)30(39)35-24-7-5-23(32)6-8-24/h2-10,15,17-19,29H,11-14,16,32H2,1H3,(H,35,39). The quantitative estimate of drug-likeness (QED) is 0.353. The Kier molecular flexibility index (Phi) is 6.81. The SMILES string of the molecule is Cn1cncc1CC1=Cc2cccnc2C(N2CCN(C(=O)Nc3ccc(N)cc3)CC2)c2ccc(Cl)cc21. The number of nitrogens with one attached hydrogen (secondary N) is 1. The summed E-state index contributed by atoms with van der Waals surface area (Å²) in [6.45, 7) is 2.65. The second kappa shape index (κ2) is 10.6. The Morgan fingerprint density at radius 1 is 1.10 bits per heavy atom. The Hall–Kier alpha value is -4.14. The number of aromatic nitrogens is 3. The Balaban J connectivity index is 1.29. The fourth-order valence-corrected chi connectivity index (χ4v) is 5.63. The summed E-state index contributed by atoms with van der Waals surface area (Å²) in [4.78, 5) is 26.4. The van der Waals surface area contributed by atoms with Gasteiger partial charge in [0.1, 0.15) is 0 Å². The van der Waals surface area contributed by atoms with Crippen LogP contribution in [-0.4, -0.2) is 56.5 Å². The number of allylic oxidation sites excluding steroid dienone is 1. The molecule has 39 heavy (non-hydrogen) atoms. The number of piperazine rings is 1. The summed E-state index contributed by atoms with van der Waals surface area (Å²) in [5.74, 6) is 0. The van der Waals surface area contributed by atoms with Gasteiger partial charge in [-0.3, -0.25) is 9.88 Å². The molecule has 1 aliphatic heterocycles. The Morgan fingerprint density at radius 3 is 2.64 bits per heavy atom. The minimum atomic E-state index is -0.105. The number of hydrogen-bond donors (Lipinski definition) is 2. The first-order valence-electron chi connectivity index (χ1n) is 13.0. The number of carbonyl (C=O) groups is 1. The molecule has 0 radical (unpaired) electrons. The molecule has 1 atom stereocenters. The summed E-state index contributed by atoms with van der Waals surface area (Å²) < 4.78 is 2.05. The number of anilines is 2. The molecule has 3 N–H and O–H groups in total. The zero-order valence-electron chi connectivity index (χ0n) is 21.7. The molecular formula is C30H30ClN7O. The largest absolute Gasteiger partial charge is 0.399 e. The molecule has 6 rings (SSSR count). The molecule has 8 nitrogen and oxygen atoms in total. The number of nitrogens with two attached hydrogens (primary N) is 1. The van der Waals surface area contributed by atoms with Crippen molar-refractivity contribution in [3.63, 3.8) is 0 Å². The second-order valence-electron chi connectivity index (χ2n) is 10.0. The lowest BCUT2D eigenvalue weighted by molar-refractivity contribution is 0.125. The third kappa shape index (κ3) is 5.13. The molecule has 3 heterocycles. The van der Waals surface area contributed by atoms with Gasteiger partial charge in [-0.15, -0.1) is 0 Å². The van der Waals surface area contributed by atoms with Crippen LogP contribution in [0.5, 0.6) is 0 Å². The molecule has 2 aliphatic rings. The van der Waals surface area contributed by atoms with Crippen LogP contribution in [0, 0.1) is 0 Å². The molecule has 2 aromatic heterocycles. The first-order chi connectivity index (χ1) is 19.0. The van der Waals surface area contributed by atoms with E-state index in [1.165, 1.54) is 11.1 Å². The van der Waals surface area contributed by atoms with E-state index in [1.807, 2.05) is 59.5 Å². The van der Waals surface area contributed by atoms with Crippen LogP contribution < -0.4 is 11.1 Å². The molecule has 0 bridgehead atoms. The third-order valence-electron chi connectivity index (χ3n) is 7.53. The van der Waals surface area contributed by atoms with E-state index in [1.54, 1.807) is 12.1 Å². The van der Waals surface area contributed by atoms with Gasteiger partial charge in [0.05, 0.1) is 18.1 Å². The lowest BCUT2D eigenvalue weighted by atomic mass is 9.92. The molecule has 9 heteroatoms. The number of nitrogens with zero attached hydrogens (tertiary/aromatic N) is 5. The van der Waals surface area contributed by atoms with Crippen molar-refractivity contribution in [1.82, 2.24) is 24.3 Å². The molecule has 1 unspecified atom stereocenters. The number of urea groups is 1. The van der Waals surface area contributed by atoms with Crippen LogP contribution in [0.1, 0.15) is 34.1 Å². The van der Waals surface area contributed by atoms with Crippen molar-refractivity contribution in [3.8, 4) is 0 Å². The molecule has 2 amide bonds. The van der Waals surface area contributed by atoms with Crippen molar-refractivity contribution in [2.45, 2.75) is 12.5 Å². The first kappa shape index (κ1) is 25.2. The van der Waals surface area contributed by atoms with Crippen molar-refractivity contribution in [2.24, 2.45) is 7.05 Å². The van der Waals surface area contributed by atoms with Gasteiger partial charge in [-0.05, 0) is 70.8 Å². The molecule has 0 spiro atoms. The van der Waals surface area contributed by atoms with Crippen molar-refractivity contribution in [2.75, 3.05) is 37.2 Å². The van der Waals surface area contributed by atoms with E-state index in [2.05, 4.69) is 39.5 Å². The van der Waals surface area contributed by atoms with Gasteiger partial charge in [0.25, 0.3) is 0 Å². The summed E-state index contributed by atoms with van der Waals surface area (Å²) in [5.41, 5.74) is 13.9. The van der Waals surface area contributed by atoms with E-state index in [0.717, 1.165) is 47.7 Å². The van der Waals surface area contributed by atoms with E-state index in [0.29, 0.717) is 23.8 Å². The summed E-state index contributed by atoms with van der Waals surface area (Å²) in [5, 5.41) is 3.68. The summed E-state index contributed by atoms with van der Waals surface area (Å²) in [7, 11) is 2.01. The molecule has 1 fully saturated rings. The van der Waals surface area contributed by atoms with E-state index in [9.17, 15) is 4.79 Å². The Bertz CT molecular complexity index is 1540. The number of halogens is 1. The average molecular weight is 540 g/mol. The third-order valence-corrected chi connectivity index (χ3v) is 7.77. The average Bonchev–Trinajstić information content (AvgIpc) is 3.29. The number of aryl methyl sites for hydroxylation is 1. The van der Waals surface area contributed by atoms with Gasteiger partial charge in [0, 0.05) is 74.1 Å². The van der Waals surface area contributed by atoms with Gasteiger partial charge >= 0.3 is 6.03 Å². The van der Waals surface area contributed by atoms with E-state index >= 15 is 0 Å². The smallest absolute Gasteiger partial charge is 0.321 e. The maximum Gasteiger partial charge on any atom is 0.321 e. The molecule has 2 aromatic carbocycles. The highest BCUT2D eigenvalue weighted by Crippen LogP contribution is 2.41. The lowest BCUT2D eigenvalue weighted by Crippen LogP contribution is -2.51. The highest BCUT2D eigenvalue weighted by molar-refractivity contribution is 6.30. The number of imidazole rings is 1. The molecule has 1 saturated heterocycles. The van der Waals surface area contributed by atoms with Gasteiger partial charge in [-0.25, -0.2) is 9.78 Å². The number of carbonyl (C=O) groups excluding carboxylic acids is 1. The van der Waals surface area contributed by atoms with Crippen LogP contribution in [-0.2, 0) is 13.5 Å². The predicted molar refractivity (Wildman–Crippen MR) is 155 cm³/mol. The van der Waals surface area contributed by atoms with Crippen molar-refractivity contribution < 1.29 is 4.79 Å². The van der Waals surface area contributed by atoms with Gasteiger partial charge in [0.15, 0.2) is 0 Å². The summed E-state index contributed by atoms with van der Waals surface area (Å²) in [6.07, 6.45) is 8.56. The number of amides is 2. The van der Waals surface area contributed by atoms with E-state index < -0.39 is 0 Å².